The first-order chi connectivity index (χ1) is 27.8. The molecule has 6 aliphatic heterocycles. The summed E-state index contributed by atoms with van der Waals surface area (Å²) in [5.41, 5.74) is 20.6. The Morgan fingerprint density at radius 1 is 0.411 bits per heavy atom. The second kappa shape index (κ2) is 9.42. The number of nitrogens with zero attached hydrogens (tertiary/aromatic N) is 3. The maximum Gasteiger partial charge on any atom is 0.252 e. The molecule has 3 nitrogen and oxygen atoms in total. The van der Waals surface area contributed by atoms with Crippen LogP contribution in [0.5, 0.6) is 0 Å². The molecule has 6 aliphatic rings. The molecule has 0 amide bonds. The summed E-state index contributed by atoms with van der Waals surface area (Å²) in [6.07, 6.45) is 0. The minimum absolute atomic E-state index is 0.0869. The van der Waals surface area contributed by atoms with Crippen LogP contribution in [0.2, 0.25) is 0 Å². The Morgan fingerprint density at radius 2 is 0.982 bits per heavy atom. The first-order valence-electron chi connectivity index (χ1n) is 19.3. The summed E-state index contributed by atoms with van der Waals surface area (Å²) < 4.78 is 5.52. The SMILES string of the molecule is c1ccc2c(c1)Sc1cccc3c1N2c1cc2c4c5c1B3c1cccc3c6c7sc8ccccc8c7cc(c6n-5c13)B4c1cccc3c1N2c1ccccc1S3. The van der Waals surface area contributed by atoms with Crippen molar-refractivity contribution in [2.45, 2.75) is 19.6 Å². The Morgan fingerprint density at radius 3 is 1.70 bits per heavy atom. The molecular weight excluding hydrogens is 736 g/mol. The normalized spacial score (nSPS) is 15.2. The van der Waals surface area contributed by atoms with Crippen molar-refractivity contribution in [2.24, 2.45) is 0 Å². The fourth-order valence-corrected chi connectivity index (χ4v) is 15.0. The van der Waals surface area contributed by atoms with Crippen molar-refractivity contribution in [1.82, 2.24) is 4.57 Å². The fourth-order valence-electron chi connectivity index (χ4n) is 11.6. The third-order valence-electron chi connectivity index (χ3n) is 13.5. The zero-order valence-corrected chi connectivity index (χ0v) is 31.9. The van der Waals surface area contributed by atoms with E-state index in [1.807, 2.05) is 34.9 Å². The molecule has 8 aromatic carbocycles. The summed E-state index contributed by atoms with van der Waals surface area (Å²) in [5, 5.41) is 5.54. The Hall–Kier alpha value is -5.79. The van der Waals surface area contributed by atoms with Gasteiger partial charge in [0.25, 0.3) is 13.4 Å². The average Bonchev–Trinajstić information content (AvgIpc) is 3.80. The van der Waals surface area contributed by atoms with Gasteiger partial charge in [0.1, 0.15) is 0 Å². The van der Waals surface area contributed by atoms with Gasteiger partial charge in [-0.2, -0.15) is 0 Å². The predicted molar refractivity (Wildman–Crippen MR) is 241 cm³/mol. The quantitative estimate of drug-likeness (QED) is 0.143. The van der Waals surface area contributed by atoms with Gasteiger partial charge in [-0.25, -0.2) is 0 Å². The van der Waals surface area contributed by atoms with Crippen LogP contribution in [0.4, 0.5) is 34.1 Å². The number of rotatable bonds is 0. The summed E-state index contributed by atoms with van der Waals surface area (Å²) >= 11 is 5.81. The number of hydrogen-bond acceptors (Lipinski definition) is 5. The van der Waals surface area contributed by atoms with Crippen LogP contribution in [-0.2, 0) is 0 Å². The van der Waals surface area contributed by atoms with Gasteiger partial charge in [-0.3, -0.25) is 0 Å². The van der Waals surface area contributed by atoms with Crippen molar-refractivity contribution in [3.63, 3.8) is 0 Å². The maximum absolute atomic E-state index is 2.75. The minimum Gasteiger partial charge on any atom is -0.311 e. The average molecular weight is 760 g/mol. The summed E-state index contributed by atoms with van der Waals surface area (Å²) in [7, 11) is 0. The van der Waals surface area contributed by atoms with Crippen molar-refractivity contribution >= 4 is 157 Å². The van der Waals surface area contributed by atoms with Crippen molar-refractivity contribution in [2.75, 3.05) is 9.80 Å². The lowest BCUT2D eigenvalue weighted by Crippen LogP contribution is -2.67. The molecule has 16 rings (SSSR count). The van der Waals surface area contributed by atoms with Crippen molar-refractivity contribution < 1.29 is 0 Å². The summed E-state index contributed by atoms with van der Waals surface area (Å²) in [5.74, 6) is 0. The monoisotopic (exact) mass is 759 g/mol. The molecule has 0 radical (unpaired) electrons. The van der Waals surface area contributed by atoms with E-state index < -0.39 is 0 Å². The number of benzene rings is 8. The molecule has 0 bridgehead atoms. The Kier molecular flexibility index (Phi) is 4.81. The van der Waals surface area contributed by atoms with Gasteiger partial charge < -0.3 is 14.4 Å². The summed E-state index contributed by atoms with van der Waals surface area (Å²) in [4.78, 5) is 10.5. The van der Waals surface area contributed by atoms with Crippen LogP contribution in [0, 0.1) is 0 Å². The molecule has 0 saturated heterocycles. The van der Waals surface area contributed by atoms with Crippen LogP contribution in [0.1, 0.15) is 0 Å². The van der Waals surface area contributed by atoms with Gasteiger partial charge in [0.05, 0.1) is 28.3 Å². The van der Waals surface area contributed by atoms with Crippen molar-refractivity contribution in [1.29, 1.82) is 0 Å². The van der Waals surface area contributed by atoms with E-state index in [1.54, 1.807) is 0 Å². The highest BCUT2D eigenvalue weighted by molar-refractivity contribution is 8.00. The zero-order valence-electron chi connectivity index (χ0n) is 29.5. The molecule has 254 valence electrons. The van der Waals surface area contributed by atoms with Crippen LogP contribution in [0.25, 0.3) is 47.7 Å². The Bertz CT molecular complexity index is 3600. The zero-order chi connectivity index (χ0) is 35.7. The van der Waals surface area contributed by atoms with Crippen LogP contribution in [-0.4, -0.2) is 18.0 Å². The van der Waals surface area contributed by atoms with Gasteiger partial charge in [0, 0.05) is 73.1 Å². The number of fused-ring (bicyclic) bond motifs is 15. The molecule has 0 N–H and O–H groups in total. The molecule has 0 atom stereocenters. The highest BCUT2D eigenvalue weighted by Gasteiger charge is 2.52. The molecule has 0 unspecified atom stereocenters. The van der Waals surface area contributed by atoms with Gasteiger partial charge in [-0.15, -0.1) is 11.3 Å². The van der Waals surface area contributed by atoms with E-state index in [4.69, 9.17) is 0 Å². The van der Waals surface area contributed by atoms with Gasteiger partial charge in [0.2, 0.25) is 0 Å². The third-order valence-corrected chi connectivity index (χ3v) is 16.9. The number of para-hydroxylation sites is 5. The van der Waals surface area contributed by atoms with E-state index in [9.17, 15) is 0 Å². The second-order valence-corrected chi connectivity index (χ2v) is 19.1. The molecular formula is C48H23B2N3S3. The Balaban J connectivity index is 1.18. The lowest BCUT2D eigenvalue weighted by molar-refractivity contribution is 1.13. The third kappa shape index (κ3) is 3.00. The molecule has 8 heteroatoms. The van der Waals surface area contributed by atoms with Crippen LogP contribution in [0.3, 0.4) is 0 Å². The predicted octanol–water partition coefficient (Wildman–Crippen LogP) is 9.31. The number of thiophene rings is 1. The van der Waals surface area contributed by atoms with Gasteiger partial charge in [-0.05, 0) is 81.3 Å². The molecule has 0 spiro atoms. The van der Waals surface area contributed by atoms with Crippen molar-refractivity contribution in [3.05, 3.63) is 140 Å². The van der Waals surface area contributed by atoms with Crippen LogP contribution in [0.15, 0.2) is 159 Å². The highest BCUT2D eigenvalue weighted by atomic mass is 32.2. The molecule has 0 aliphatic carbocycles. The molecule has 0 fully saturated rings. The number of aromatic nitrogens is 1. The molecule has 10 aromatic rings. The lowest BCUT2D eigenvalue weighted by Gasteiger charge is -2.48. The fraction of sp³-hybridized carbons (Fsp3) is 0. The summed E-state index contributed by atoms with van der Waals surface area (Å²) in [6, 6.07) is 53.7. The lowest BCUT2D eigenvalue weighted by atomic mass is 9.29. The van der Waals surface area contributed by atoms with Crippen LogP contribution < -0.4 is 42.6 Å². The summed E-state index contributed by atoms with van der Waals surface area (Å²) in [6.45, 7) is 0.198. The highest BCUT2D eigenvalue weighted by Crippen LogP contribution is 2.57. The van der Waals surface area contributed by atoms with E-state index in [2.05, 4.69) is 154 Å². The smallest absolute Gasteiger partial charge is 0.252 e. The van der Waals surface area contributed by atoms with Gasteiger partial charge in [0.15, 0.2) is 0 Å². The van der Waals surface area contributed by atoms with E-state index in [1.165, 1.54) is 134 Å². The largest absolute Gasteiger partial charge is 0.311 e. The molecule has 8 heterocycles. The molecule has 0 saturated carbocycles. The topological polar surface area (TPSA) is 11.4 Å². The number of hydrogen-bond donors (Lipinski definition) is 0. The van der Waals surface area contributed by atoms with Gasteiger partial charge in [-0.1, -0.05) is 115 Å². The van der Waals surface area contributed by atoms with E-state index in [-0.39, 0.29) is 13.4 Å². The van der Waals surface area contributed by atoms with E-state index in [0.29, 0.717) is 0 Å². The van der Waals surface area contributed by atoms with Crippen molar-refractivity contribution in [3.8, 4) is 5.69 Å². The van der Waals surface area contributed by atoms with E-state index in [0.717, 1.165) is 0 Å². The molecule has 56 heavy (non-hydrogen) atoms. The first kappa shape index (κ1) is 28.6. The number of anilines is 6. The maximum atomic E-state index is 2.75. The van der Waals surface area contributed by atoms with Gasteiger partial charge >= 0.3 is 0 Å². The first-order valence-corrected chi connectivity index (χ1v) is 21.8. The second-order valence-electron chi connectivity index (χ2n) is 15.9. The minimum atomic E-state index is 0.0869. The standard InChI is InChI=1S/C48H23B2N3S3/c1-4-17-35-24(10-1)26-22-30-46-40(48(26)56-35)25-11-7-12-27-43(25)53(46)47-41-33(51-31-15-2-5-18-36(31)54-38-20-8-13-28(44(38)51)49(27)41)23-34-42(47)50(30)29-14-9-21-39-45(29)52(34)32-16-3-6-19-37(32)55-39/h1-23H. The van der Waals surface area contributed by atoms with Crippen LogP contribution >= 0.6 is 34.9 Å². The Labute approximate surface area is 334 Å². The van der Waals surface area contributed by atoms with E-state index >= 15 is 0 Å². The molecule has 2 aromatic heterocycles.